The van der Waals surface area contributed by atoms with Gasteiger partial charge in [-0.05, 0) is 12.0 Å². The third-order valence-electron chi connectivity index (χ3n) is 3.05. The molecule has 0 aromatic heterocycles. The van der Waals surface area contributed by atoms with E-state index in [1.165, 1.54) is 0 Å². The number of nitrogens with two attached hydrogens (primary N) is 1. The average Bonchev–Trinajstić information content (AvgIpc) is 2.60. The van der Waals surface area contributed by atoms with Gasteiger partial charge in [0, 0.05) is 0 Å². The van der Waals surface area contributed by atoms with Gasteiger partial charge in [-0.25, -0.2) is 0 Å². The largest absolute Gasteiger partial charge is 0.462 e. The van der Waals surface area contributed by atoms with Crippen molar-refractivity contribution in [3.63, 3.8) is 0 Å². The van der Waals surface area contributed by atoms with Crippen molar-refractivity contribution in [2.24, 2.45) is 5.73 Å². The molecule has 3 N–H and O–H groups in total. The van der Waals surface area contributed by atoms with Crippen LogP contribution in [0.3, 0.4) is 0 Å². The van der Waals surface area contributed by atoms with E-state index in [1.54, 1.807) is 0 Å². The number of benzene rings is 1. The zero-order valence-electron chi connectivity index (χ0n) is 13.9. The Morgan fingerprint density at radius 2 is 1.46 bits per heavy atom. The van der Waals surface area contributed by atoms with Gasteiger partial charge in [-0.3, -0.25) is 4.79 Å². The first-order valence-electron chi connectivity index (χ1n) is 8.04. The molecule has 0 heterocycles. The number of aliphatic hydroxyl groups is 1. The number of aliphatic hydroxyl groups excluding tert-OH is 1. The monoisotopic (exact) mass is 341 g/mol. The standard InChI is InChI=1S/C17H27NO6/c18-16(14-15-4-2-1-3-5-15)17(20)24-13-12-23-11-10-22-9-8-21-7-6-19/h1-5,16,19H,6-14,18H2/t16-/m0/s1. The molecule has 0 amide bonds. The lowest BCUT2D eigenvalue weighted by Gasteiger charge is -2.12. The molecule has 7 heteroatoms. The lowest BCUT2D eigenvalue weighted by atomic mass is 10.1. The van der Waals surface area contributed by atoms with Crippen molar-refractivity contribution in [1.29, 1.82) is 0 Å². The van der Waals surface area contributed by atoms with Crippen LogP contribution >= 0.6 is 0 Å². The summed E-state index contributed by atoms with van der Waals surface area (Å²) in [5.41, 5.74) is 6.82. The highest BCUT2D eigenvalue weighted by Gasteiger charge is 2.15. The molecule has 0 saturated carbocycles. The summed E-state index contributed by atoms with van der Waals surface area (Å²) in [5.74, 6) is -0.431. The maximum atomic E-state index is 11.7. The molecule has 0 aliphatic carbocycles. The topological polar surface area (TPSA) is 100 Å². The smallest absolute Gasteiger partial charge is 0.323 e. The highest BCUT2D eigenvalue weighted by atomic mass is 16.6. The molecule has 1 rings (SSSR count). The van der Waals surface area contributed by atoms with Crippen molar-refractivity contribution >= 4 is 5.97 Å². The number of carbonyl (C=O) groups is 1. The maximum Gasteiger partial charge on any atom is 0.323 e. The summed E-state index contributed by atoms with van der Waals surface area (Å²) in [6.45, 7) is 2.53. The predicted molar refractivity (Wildman–Crippen MR) is 88.6 cm³/mol. The van der Waals surface area contributed by atoms with Crippen molar-refractivity contribution in [2.45, 2.75) is 12.5 Å². The van der Waals surface area contributed by atoms with E-state index in [4.69, 9.17) is 29.8 Å². The van der Waals surface area contributed by atoms with Gasteiger partial charge in [-0.2, -0.15) is 0 Å². The molecule has 0 bridgehead atoms. The van der Waals surface area contributed by atoms with Crippen LogP contribution in [0.15, 0.2) is 30.3 Å². The van der Waals surface area contributed by atoms with Gasteiger partial charge in [-0.15, -0.1) is 0 Å². The summed E-state index contributed by atoms with van der Waals surface area (Å²) in [5, 5.41) is 8.51. The Morgan fingerprint density at radius 3 is 2.04 bits per heavy atom. The van der Waals surface area contributed by atoms with E-state index in [2.05, 4.69) is 0 Å². The Bertz CT molecular complexity index is 428. The molecular formula is C17H27NO6. The molecule has 0 saturated heterocycles. The highest BCUT2D eigenvalue weighted by molar-refractivity contribution is 5.75. The minimum atomic E-state index is -0.672. The van der Waals surface area contributed by atoms with Crippen molar-refractivity contribution in [2.75, 3.05) is 52.9 Å². The second-order valence-electron chi connectivity index (χ2n) is 5.02. The quantitative estimate of drug-likeness (QED) is 0.367. The van der Waals surface area contributed by atoms with E-state index in [9.17, 15) is 4.79 Å². The molecule has 1 atom stereocenters. The molecule has 0 aliphatic rings. The maximum absolute atomic E-state index is 11.7. The Hall–Kier alpha value is -1.51. The average molecular weight is 341 g/mol. The Morgan fingerprint density at radius 1 is 0.917 bits per heavy atom. The number of carbonyl (C=O) groups excluding carboxylic acids is 1. The van der Waals surface area contributed by atoms with E-state index in [0.717, 1.165) is 5.56 Å². The van der Waals surface area contributed by atoms with Crippen LogP contribution in [0.1, 0.15) is 5.56 Å². The van der Waals surface area contributed by atoms with E-state index in [1.807, 2.05) is 30.3 Å². The molecule has 0 aliphatic heterocycles. The van der Waals surface area contributed by atoms with Crippen LogP contribution in [-0.2, 0) is 30.2 Å². The Kier molecular flexibility index (Phi) is 11.9. The normalized spacial score (nSPS) is 12.1. The Balaban J connectivity index is 1.94. The van der Waals surface area contributed by atoms with Crippen LogP contribution in [0.4, 0.5) is 0 Å². The number of hydrogen-bond donors (Lipinski definition) is 2. The van der Waals surface area contributed by atoms with E-state index in [0.29, 0.717) is 46.1 Å². The summed E-state index contributed by atoms with van der Waals surface area (Å²) in [6.07, 6.45) is 0.451. The second-order valence-corrected chi connectivity index (χ2v) is 5.02. The molecule has 1 aromatic carbocycles. The highest BCUT2D eigenvalue weighted by Crippen LogP contribution is 2.02. The molecule has 24 heavy (non-hydrogen) atoms. The van der Waals surface area contributed by atoms with E-state index < -0.39 is 12.0 Å². The van der Waals surface area contributed by atoms with Crippen LogP contribution in [0.25, 0.3) is 0 Å². The third-order valence-corrected chi connectivity index (χ3v) is 3.05. The number of esters is 1. The number of hydrogen-bond acceptors (Lipinski definition) is 7. The van der Waals surface area contributed by atoms with Gasteiger partial charge in [0.25, 0.3) is 0 Å². The van der Waals surface area contributed by atoms with Gasteiger partial charge in [0.05, 0.1) is 46.2 Å². The zero-order chi connectivity index (χ0) is 17.5. The molecule has 0 spiro atoms. The van der Waals surface area contributed by atoms with Crippen LogP contribution in [0.2, 0.25) is 0 Å². The van der Waals surface area contributed by atoms with E-state index >= 15 is 0 Å². The molecular weight excluding hydrogens is 314 g/mol. The van der Waals surface area contributed by atoms with Gasteiger partial charge in [0.2, 0.25) is 0 Å². The van der Waals surface area contributed by atoms with Crippen molar-refractivity contribution in [3.05, 3.63) is 35.9 Å². The fraction of sp³-hybridized carbons (Fsp3) is 0.588. The van der Waals surface area contributed by atoms with Crippen LogP contribution in [0.5, 0.6) is 0 Å². The molecule has 7 nitrogen and oxygen atoms in total. The lowest BCUT2D eigenvalue weighted by molar-refractivity contribution is -0.146. The van der Waals surface area contributed by atoms with Crippen LogP contribution in [0, 0.1) is 0 Å². The van der Waals surface area contributed by atoms with Crippen molar-refractivity contribution < 1.29 is 28.8 Å². The summed E-state index contributed by atoms with van der Waals surface area (Å²) in [4.78, 5) is 11.7. The summed E-state index contributed by atoms with van der Waals surface area (Å²) in [6, 6.07) is 8.89. The van der Waals surface area contributed by atoms with Crippen molar-refractivity contribution in [3.8, 4) is 0 Å². The summed E-state index contributed by atoms with van der Waals surface area (Å²) >= 11 is 0. The second kappa shape index (κ2) is 13.9. The predicted octanol–water partition coefficient (Wildman–Crippen LogP) is 0.142. The summed E-state index contributed by atoms with van der Waals surface area (Å²) < 4.78 is 20.6. The lowest BCUT2D eigenvalue weighted by Crippen LogP contribution is -2.35. The summed E-state index contributed by atoms with van der Waals surface area (Å²) in [7, 11) is 0. The molecule has 0 fully saturated rings. The Labute approximate surface area is 142 Å². The van der Waals surface area contributed by atoms with Gasteiger partial charge < -0.3 is 29.8 Å². The fourth-order valence-electron chi connectivity index (χ4n) is 1.87. The molecule has 0 unspecified atom stereocenters. The molecule has 0 radical (unpaired) electrons. The number of ether oxygens (including phenoxy) is 4. The van der Waals surface area contributed by atoms with E-state index in [-0.39, 0.29) is 13.2 Å². The van der Waals surface area contributed by atoms with Crippen LogP contribution in [-0.4, -0.2) is 70.0 Å². The molecule has 136 valence electrons. The SMILES string of the molecule is N[C@@H](Cc1ccccc1)C(=O)OCCOCCOCCOCCO. The first kappa shape index (κ1) is 20.5. The van der Waals surface area contributed by atoms with Crippen molar-refractivity contribution in [1.82, 2.24) is 0 Å². The zero-order valence-corrected chi connectivity index (χ0v) is 13.9. The van der Waals surface area contributed by atoms with Gasteiger partial charge >= 0.3 is 5.97 Å². The van der Waals surface area contributed by atoms with Gasteiger partial charge in [0.15, 0.2) is 0 Å². The van der Waals surface area contributed by atoms with Gasteiger partial charge in [-0.1, -0.05) is 30.3 Å². The first-order valence-corrected chi connectivity index (χ1v) is 8.04. The van der Waals surface area contributed by atoms with Gasteiger partial charge in [0.1, 0.15) is 12.6 Å². The van der Waals surface area contributed by atoms with Crippen LogP contribution < -0.4 is 5.73 Å². The third kappa shape index (κ3) is 10.3. The minimum absolute atomic E-state index is 0.0108. The number of rotatable bonds is 14. The minimum Gasteiger partial charge on any atom is -0.462 e. The fourth-order valence-corrected chi connectivity index (χ4v) is 1.87. The molecule has 1 aromatic rings. The first-order chi connectivity index (χ1) is 11.7.